The number of hydrogen-bond donors (Lipinski definition) is 4. The Morgan fingerprint density at radius 1 is 0.758 bits per heavy atom. The van der Waals surface area contributed by atoms with Crippen molar-refractivity contribution in [3.05, 3.63) is 120 Å². The van der Waals surface area contributed by atoms with Gasteiger partial charge in [0.25, 0.3) is 0 Å². The molecule has 2 saturated heterocycles. The summed E-state index contributed by atoms with van der Waals surface area (Å²) >= 11 is 0. The summed E-state index contributed by atoms with van der Waals surface area (Å²) in [5.41, 5.74) is 7.34. The highest BCUT2D eigenvalue weighted by Gasteiger charge is 2.50. The van der Waals surface area contributed by atoms with Gasteiger partial charge in [0.05, 0.1) is 47.9 Å². The number of allylic oxidation sites excluding steroid dienone is 2. The molecule has 0 spiro atoms. The quantitative estimate of drug-likeness (QED) is 0.0947. The van der Waals surface area contributed by atoms with E-state index in [1.807, 2.05) is 66.1 Å². The highest BCUT2D eigenvalue weighted by atomic mass is 16.5. The maximum absolute atomic E-state index is 14.6. The largest absolute Gasteiger partial charge is 0.453 e. The van der Waals surface area contributed by atoms with E-state index in [4.69, 9.17) is 19.4 Å². The lowest BCUT2D eigenvalue weighted by Crippen LogP contribution is -2.50. The van der Waals surface area contributed by atoms with Crippen molar-refractivity contribution in [2.24, 2.45) is 23.7 Å². The highest BCUT2D eigenvalue weighted by molar-refractivity contribution is 6.08. The Balaban J connectivity index is 0.869. The maximum Gasteiger partial charge on any atom is 0.407 e. The monoisotopic (exact) mass is 884 g/mol. The second-order valence-electron chi connectivity index (χ2n) is 18.7. The molecular weight excluding hydrogens is 833 g/mol. The number of ether oxygens (including phenoxy) is 2. The number of amides is 4. The van der Waals surface area contributed by atoms with Crippen molar-refractivity contribution in [1.82, 2.24) is 40.4 Å². The number of benzene rings is 5. The third kappa shape index (κ3) is 7.42. The van der Waals surface area contributed by atoms with Crippen LogP contribution in [0.1, 0.15) is 74.9 Å². The van der Waals surface area contributed by atoms with Gasteiger partial charge in [-0.15, -0.1) is 0 Å². The summed E-state index contributed by atoms with van der Waals surface area (Å²) in [4.78, 5) is 74.8. The van der Waals surface area contributed by atoms with E-state index in [2.05, 4.69) is 75.2 Å². The Bertz CT molecular complexity index is 3120. The molecule has 7 aromatic rings. The SMILES string of the molecule is COC[C@H]1C[C@@H](c2nc3ccc4cc(-c5ccc6c(ccc7nc([C@@H]8C[C@H]9C=C9N8C(=O)[C@@H](NC(=O)OC)C(C)C)[nH]c76)c5)ccc4c3[nH]2)N(C(=O)[C@H](NC(=O)C2CC2)c2ccccc2)C1. The number of rotatable bonds is 12. The molecule has 0 radical (unpaired) electrons. The van der Waals surface area contributed by atoms with E-state index in [9.17, 15) is 19.2 Å². The maximum atomic E-state index is 14.6. The number of hydrogen-bond acceptors (Lipinski definition) is 8. The first-order valence-electron chi connectivity index (χ1n) is 23.0. The number of likely N-dealkylation sites (tertiary alicyclic amines) is 2. The van der Waals surface area contributed by atoms with Gasteiger partial charge in [-0.05, 0) is 83.3 Å². The average molecular weight is 885 g/mol. The zero-order chi connectivity index (χ0) is 45.4. The predicted octanol–water partition coefficient (Wildman–Crippen LogP) is 8.38. The molecule has 6 atom stereocenters. The zero-order valence-electron chi connectivity index (χ0n) is 37.3. The number of aromatic nitrogens is 4. The molecule has 14 heteroatoms. The second-order valence-corrected chi connectivity index (χ2v) is 18.7. The minimum atomic E-state index is -0.796. The summed E-state index contributed by atoms with van der Waals surface area (Å²) in [6.45, 7) is 4.83. The third-order valence-electron chi connectivity index (χ3n) is 14.0. The van der Waals surface area contributed by atoms with Gasteiger partial charge in [-0.25, -0.2) is 14.8 Å². The molecule has 4 amide bonds. The van der Waals surface area contributed by atoms with Gasteiger partial charge >= 0.3 is 6.09 Å². The van der Waals surface area contributed by atoms with E-state index in [-0.39, 0.29) is 53.5 Å². The standard InChI is InChI=1S/C52H52N8O6/c1-27(2)43(58-52(64)66-4)51(63)60-40-23-35(40)24-42(60)48-54-39-19-15-34-22-32(13-17-37(34)46(39)56-48)31-12-16-36-33(21-31)14-18-38-45(36)55-47(53-38)41-20-28(26-65-3)25-59(41)50(62)44(29-8-6-5-7-9-29)57-49(61)30-10-11-30/h5-9,12-19,21-23,27-28,30,35,41-44H,10-11,20,24-26H2,1-4H3,(H,53,55)(H,54,56)(H,57,61)(H,58,64)/t28-,35+,41-,42-,43-,44+/m0/s1. The van der Waals surface area contributed by atoms with Crippen molar-refractivity contribution in [1.29, 1.82) is 0 Å². The predicted molar refractivity (Wildman–Crippen MR) is 251 cm³/mol. The number of nitrogens with zero attached hydrogens (tertiary/aromatic N) is 4. The van der Waals surface area contributed by atoms with Gasteiger partial charge in [-0.1, -0.05) is 86.7 Å². The molecule has 1 saturated carbocycles. The van der Waals surface area contributed by atoms with Gasteiger partial charge in [0.1, 0.15) is 23.7 Å². The number of aromatic amines is 2. The molecule has 4 aliphatic rings. The van der Waals surface area contributed by atoms with Gasteiger partial charge in [0.2, 0.25) is 17.7 Å². The zero-order valence-corrected chi connectivity index (χ0v) is 37.3. The molecule has 4 N–H and O–H groups in total. The van der Waals surface area contributed by atoms with Crippen molar-refractivity contribution < 1.29 is 28.7 Å². The number of carbonyl (C=O) groups is 4. The van der Waals surface area contributed by atoms with E-state index in [1.165, 1.54) is 7.11 Å². The van der Waals surface area contributed by atoms with Crippen molar-refractivity contribution in [2.75, 3.05) is 27.4 Å². The van der Waals surface area contributed by atoms with Gasteiger partial charge in [0.15, 0.2) is 0 Å². The minimum absolute atomic E-state index is 0.0333. The fraction of sp³-hybridized carbons (Fsp3) is 0.346. The van der Waals surface area contributed by atoms with Crippen LogP contribution >= 0.6 is 0 Å². The molecule has 66 heavy (non-hydrogen) atoms. The van der Waals surface area contributed by atoms with E-state index in [0.717, 1.165) is 91.1 Å². The Morgan fingerprint density at radius 2 is 1.39 bits per heavy atom. The molecule has 3 fully saturated rings. The van der Waals surface area contributed by atoms with Crippen molar-refractivity contribution in [3.8, 4) is 11.1 Å². The molecule has 11 rings (SSSR count). The minimum Gasteiger partial charge on any atom is -0.453 e. The smallest absolute Gasteiger partial charge is 0.407 e. The Labute approximate surface area is 381 Å². The Kier molecular flexibility index (Phi) is 10.4. The molecule has 2 aromatic heterocycles. The van der Waals surface area contributed by atoms with Crippen LogP contribution in [0.15, 0.2) is 103 Å². The van der Waals surface area contributed by atoms with E-state index < -0.39 is 18.2 Å². The van der Waals surface area contributed by atoms with E-state index in [0.29, 0.717) is 25.4 Å². The van der Waals surface area contributed by atoms with Crippen LogP contribution in [0.3, 0.4) is 0 Å². The average Bonchev–Trinajstić information content (AvgIpc) is 4.10. The van der Waals surface area contributed by atoms with Gasteiger partial charge in [-0.3, -0.25) is 14.4 Å². The Morgan fingerprint density at radius 3 is 1.98 bits per heavy atom. The first-order chi connectivity index (χ1) is 32.1. The molecule has 14 nitrogen and oxygen atoms in total. The molecular formula is C52H52N8O6. The van der Waals surface area contributed by atoms with E-state index in [1.54, 1.807) is 7.11 Å². The fourth-order valence-corrected chi connectivity index (χ4v) is 10.3. The second kappa shape index (κ2) is 16.4. The number of methoxy groups -OCH3 is 2. The lowest BCUT2D eigenvalue weighted by molar-refractivity contribution is -0.138. The molecule has 2 aliphatic heterocycles. The summed E-state index contributed by atoms with van der Waals surface area (Å²) in [5.74, 6) is 1.21. The molecule has 5 aromatic carbocycles. The summed E-state index contributed by atoms with van der Waals surface area (Å²) in [7, 11) is 2.98. The van der Waals surface area contributed by atoms with Crippen LogP contribution in [0, 0.1) is 23.7 Å². The molecule has 0 unspecified atom stereocenters. The van der Waals surface area contributed by atoms with Crippen LogP contribution < -0.4 is 10.6 Å². The van der Waals surface area contributed by atoms with Crippen LogP contribution in [0.25, 0.3) is 54.7 Å². The van der Waals surface area contributed by atoms with Crippen LogP contribution in [0.2, 0.25) is 0 Å². The number of H-pyrrole nitrogens is 2. The number of imidazole rings is 2. The topological polar surface area (TPSA) is 175 Å². The number of carbonyl (C=O) groups excluding carboxylic acids is 4. The summed E-state index contributed by atoms with van der Waals surface area (Å²) in [5, 5.41) is 9.99. The fourth-order valence-electron chi connectivity index (χ4n) is 10.3. The first-order valence-corrected chi connectivity index (χ1v) is 23.0. The highest BCUT2D eigenvalue weighted by Crippen LogP contribution is 2.52. The number of alkyl carbamates (subject to hydrolysis) is 1. The lowest BCUT2D eigenvalue weighted by atomic mass is 9.98. The van der Waals surface area contributed by atoms with Gasteiger partial charge in [0, 0.05) is 47.9 Å². The first kappa shape index (κ1) is 41.6. The molecule has 336 valence electrons. The van der Waals surface area contributed by atoms with Crippen molar-refractivity contribution in [3.63, 3.8) is 0 Å². The normalized spacial score (nSPS) is 21.1. The van der Waals surface area contributed by atoms with Gasteiger partial charge < -0.3 is 39.9 Å². The van der Waals surface area contributed by atoms with Crippen LogP contribution in [0.4, 0.5) is 4.79 Å². The molecule has 2 aliphatic carbocycles. The lowest BCUT2D eigenvalue weighted by Gasteiger charge is -2.30. The number of nitrogens with one attached hydrogen (secondary N) is 4. The molecule has 0 bridgehead atoms. The molecule has 4 heterocycles. The summed E-state index contributed by atoms with van der Waals surface area (Å²) < 4.78 is 10.4. The van der Waals surface area contributed by atoms with Crippen LogP contribution in [-0.4, -0.2) is 87.0 Å². The number of fused-ring (bicyclic) bond motifs is 7. The van der Waals surface area contributed by atoms with Crippen molar-refractivity contribution >= 4 is 67.4 Å². The van der Waals surface area contributed by atoms with E-state index >= 15 is 0 Å². The Hall–Kier alpha value is -7.06. The third-order valence-corrected chi connectivity index (χ3v) is 14.0. The summed E-state index contributed by atoms with van der Waals surface area (Å²) in [6.07, 6.45) is 4.58. The van der Waals surface area contributed by atoms with Crippen molar-refractivity contribution in [2.45, 2.75) is 63.7 Å². The van der Waals surface area contributed by atoms with Crippen LogP contribution in [-0.2, 0) is 23.9 Å². The van der Waals surface area contributed by atoms with Gasteiger partial charge in [-0.2, -0.15) is 0 Å². The summed E-state index contributed by atoms with van der Waals surface area (Å²) in [6, 6.07) is 28.5. The van der Waals surface area contributed by atoms with Crippen LogP contribution in [0.5, 0.6) is 0 Å².